The summed E-state index contributed by atoms with van der Waals surface area (Å²) in [7, 11) is 1.89. The molecule has 3 aromatic rings. The molecule has 2 atom stereocenters. The van der Waals surface area contributed by atoms with Crippen LogP contribution in [0.4, 0.5) is 5.69 Å². The van der Waals surface area contributed by atoms with E-state index in [-0.39, 0.29) is 30.2 Å². The lowest BCUT2D eigenvalue weighted by Crippen LogP contribution is -2.28. The van der Waals surface area contributed by atoms with Crippen molar-refractivity contribution in [3.8, 4) is 0 Å². The number of anilines is 1. The molecule has 2 N–H and O–H groups in total. The molecule has 0 unspecified atom stereocenters. The summed E-state index contributed by atoms with van der Waals surface area (Å²) in [6, 6.07) is 5.57. The molecule has 130 valence electrons. The molecule has 0 bridgehead atoms. The Labute approximate surface area is 151 Å². The maximum Gasteiger partial charge on any atom is 0.229 e. The van der Waals surface area contributed by atoms with E-state index in [1.165, 1.54) is 0 Å². The maximum absolute atomic E-state index is 12.7. The largest absolute Gasteiger partial charge is 0.326 e. The fourth-order valence-electron chi connectivity index (χ4n) is 3.21. The molecule has 2 aromatic heterocycles. The first kappa shape index (κ1) is 17.3. The number of nitrogens with zero attached hydrogens (tertiary/aromatic N) is 4. The zero-order chi connectivity index (χ0) is 16.5. The zero-order valence-corrected chi connectivity index (χ0v) is 14.5. The minimum Gasteiger partial charge on any atom is -0.326 e. The second-order valence-electron chi connectivity index (χ2n) is 6.07. The van der Waals surface area contributed by atoms with Crippen molar-refractivity contribution in [3.63, 3.8) is 0 Å². The van der Waals surface area contributed by atoms with Crippen molar-refractivity contribution in [2.24, 2.45) is 13.0 Å². The molecule has 0 spiro atoms. The van der Waals surface area contributed by atoms with Gasteiger partial charge in [-0.3, -0.25) is 19.4 Å². The Kier molecular flexibility index (Phi) is 4.96. The highest BCUT2D eigenvalue weighted by molar-refractivity contribution is 5.95. The van der Waals surface area contributed by atoms with Crippen LogP contribution in [-0.2, 0) is 11.8 Å². The van der Waals surface area contributed by atoms with E-state index in [2.05, 4.69) is 25.7 Å². The first-order valence-electron chi connectivity index (χ1n) is 7.91. The molecular weight excluding hydrogens is 340 g/mol. The van der Waals surface area contributed by atoms with E-state index in [1.54, 1.807) is 17.1 Å². The van der Waals surface area contributed by atoms with Crippen molar-refractivity contribution in [2.75, 3.05) is 18.4 Å². The van der Waals surface area contributed by atoms with E-state index >= 15 is 0 Å². The number of aromatic nitrogens is 4. The van der Waals surface area contributed by atoms with Crippen LogP contribution in [0.3, 0.4) is 0 Å². The van der Waals surface area contributed by atoms with Gasteiger partial charge in [-0.1, -0.05) is 0 Å². The fraction of sp³-hybridized carbons (Fsp3) is 0.294. The number of amides is 1. The summed E-state index contributed by atoms with van der Waals surface area (Å²) in [4.78, 5) is 21.2. The van der Waals surface area contributed by atoms with Gasteiger partial charge in [0.1, 0.15) is 0 Å². The molecule has 0 saturated carbocycles. The molecule has 1 amide bonds. The lowest BCUT2D eigenvalue weighted by Gasteiger charge is -2.17. The predicted octanol–water partition coefficient (Wildman–Crippen LogP) is 1.73. The Bertz CT molecular complexity index is 895. The van der Waals surface area contributed by atoms with Crippen molar-refractivity contribution < 1.29 is 4.79 Å². The fourth-order valence-corrected chi connectivity index (χ4v) is 3.21. The number of carbonyl (C=O) groups is 1. The summed E-state index contributed by atoms with van der Waals surface area (Å²) in [6.07, 6.45) is 7.11. The monoisotopic (exact) mass is 358 g/mol. The number of rotatable bonds is 3. The smallest absolute Gasteiger partial charge is 0.229 e. The Morgan fingerprint density at radius 2 is 2.04 bits per heavy atom. The van der Waals surface area contributed by atoms with E-state index in [0.29, 0.717) is 6.54 Å². The summed E-state index contributed by atoms with van der Waals surface area (Å²) >= 11 is 0. The topological polar surface area (TPSA) is 84.7 Å². The average Bonchev–Trinajstić information content (AvgIpc) is 3.23. The van der Waals surface area contributed by atoms with Gasteiger partial charge in [-0.2, -0.15) is 5.10 Å². The number of carbonyl (C=O) groups excluding carboxylic acids is 1. The molecule has 4 rings (SSSR count). The summed E-state index contributed by atoms with van der Waals surface area (Å²) in [6.45, 7) is 1.45. The number of halogens is 1. The number of aryl methyl sites for hydroxylation is 1. The molecule has 1 saturated heterocycles. The van der Waals surface area contributed by atoms with E-state index < -0.39 is 0 Å². The third-order valence-electron chi connectivity index (χ3n) is 4.44. The molecule has 1 aliphatic rings. The highest BCUT2D eigenvalue weighted by Gasteiger charge is 2.34. The van der Waals surface area contributed by atoms with Crippen LogP contribution < -0.4 is 10.6 Å². The van der Waals surface area contributed by atoms with Gasteiger partial charge in [0.2, 0.25) is 5.91 Å². The van der Waals surface area contributed by atoms with E-state index in [4.69, 9.17) is 0 Å². The minimum atomic E-state index is -0.119. The lowest BCUT2D eigenvalue weighted by atomic mass is 9.90. The van der Waals surface area contributed by atoms with E-state index in [9.17, 15) is 4.79 Å². The Balaban J connectivity index is 0.00000182. The zero-order valence-electron chi connectivity index (χ0n) is 13.7. The van der Waals surface area contributed by atoms with Crippen molar-refractivity contribution in [3.05, 3.63) is 48.5 Å². The predicted molar refractivity (Wildman–Crippen MR) is 97.7 cm³/mol. The summed E-state index contributed by atoms with van der Waals surface area (Å²) in [5, 5.41) is 10.5. The summed E-state index contributed by atoms with van der Waals surface area (Å²) < 4.78 is 1.77. The lowest BCUT2D eigenvalue weighted by molar-refractivity contribution is -0.119. The number of hydrogen-bond acceptors (Lipinski definition) is 5. The van der Waals surface area contributed by atoms with Gasteiger partial charge in [-0.25, -0.2) is 0 Å². The Hall–Kier alpha value is -2.51. The molecule has 1 aliphatic heterocycles. The number of fused-ring (bicyclic) bond motifs is 1. The van der Waals surface area contributed by atoms with Crippen LogP contribution in [0.5, 0.6) is 0 Å². The van der Waals surface area contributed by atoms with Crippen LogP contribution in [0.15, 0.2) is 43.0 Å². The molecule has 0 radical (unpaired) electrons. The van der Waals surface area contributed by atoms with Crippen LogP contribution in [0.2, 0.25) is 0 Å². The molecule has 25 heavy (non-hydrogen) atoms. The second kappa shape index (κ2) is 7.16. The first-order valence-corrected chi connectivity index (χ1v) is 7.91. The van der Waals surface area contributed by atoms with Gasteiger partial charge >= 0.3 is 0 Å². The Morgan fingerprint density at radius 1 is 1.24 bits per heavy atom. The van der Waals surface area contributed by atoms with Crippen molar-refractivity contribution in [1.29, 1.82) is 0 Å². The average molecular weight is 359 g/mol. The van der Waals surface area contributed by atoms with Gasteiger partial charge in [0, 0.05) is 50.3 Å². The molecule has 1 fully saturated rings. The number of hydrogen-bond donors (Lipinski definition) is 2. The minimum absolute atomic E-state index is 0. The number of benzene rings is 1. The quantitative estimate of drug-likeness (QED) is 0.744. The van der Waals surface area contributed by atoms with Crippen LogP contribution in [0.1, 0.15) is 11.5 Å². The highest BCUT2D eigenvalue weighted by atomic mass is 35.5. The Morgan fingerprint density at radius 3 is 2.80 bits per heavy atom. The van der Waals surface area contributed by atoms with Gasteiger partial charge in [0.25, 0.3) is 0 Å². The second-order valence-corrected chi connectivity index (χ2v) is 6.07. The van der Waals surface area contributed by atoms with E-state index in [0.717, 1.165) is 28.8 Å². The van der Waals surface area contributed by atoms with Crippen LogP contribution in [-0.4, -0.2) is 38.7 Å². The maximum atomic E-state index is 12.7. The summed E-state index contributed by atoms with van der Waals surface area (Å²) in [5.74, 6) is 0.0304. The third-order valence-corrected chi connectivity index (χ3v) is 4.44. The van der Waals surface area contributed by atoms with Gasteiger partial charge < -0.3 is 10.6 Å². The molecule has 8 heteroatoms. The van der Waals surface area contributed by atoms with Crippen LogP contribution in [0, 0.1) is 5.92 Å². The molecular formula is C17H19ClN6O. The van der Waals surface area contributed by atoms with Crippen LogP contribution in [0.25, 0.3) is 11.0 Å². The molecule has 3 heterocycles. The molecule has 0 aliphatic carbocycles. The standard InChI is InChI=1S/C17H18N6O.ClH/c1-23-10-11(7-21-23)13-8-18-9-14(13)17(24)22-12-2-3-15-16(6-12)20-5-4-19-15;/h2-7,10,13-14,18H,8-9H2,1H3,(H,22,24);1H/t13-,14+;/m1./s1. The summed E-state index contributed by atoms with van der Waals surface area (Å²) in [5.41, 5.74) is 3.41. The van der Waals surface area contributed by atoms with Crippen molar-refractivity contribution >= 4 is 35.0 Å². The van der Waals surface area contributed by atoms with Crippen molar-refractivity contribution in [1.82, 2.24) is 25.1 Å². The number of nitrogens with one attached hydrogen (secondary N) is 2. The third kappa shape index (κ3) is 3.47. The van der Waals surface area contributed by atoms with Gasteiger partial charge in [0.05, 0.1) is 23.1 Å². The van der Waals surface area contributed by atoms with E-state index in [1.807, 2.05) is 37.6 Å². The van der Waals surface area contributed by atoms with Crippen LogP contribution >= 0.6 is 12.4 Å². The van der Waals surface area contributed by atoms with Gasteiger partial charge in [-0.05, 0) is 23.8 Å². The highest BCUT2D eigenvalue weighted by Crippen LogP contribution is 2.29. The molecule has 1 aromatic carbocycles. The molecule has 7 nitrogen and oxygen atoms in total. The van der Waals surface area contributed by atoms with Crippen molar-refractivity contribution in [2.45, 2.75) is 5.92 Å². The van der Waals surface area contributed by atoms with Gasteiger partial charge in [0.15, 0.2) is 0 Å². The SMILES string of the molecule is Cl.Cn1cc([C@H]2CNC[C@@H]2C(=O)Nc2ccc3nccnc3c2)cn1. The normalized spacial score (nSPS) is 19.6. The van der Waals surface area contributed by atoms with Gasteiger partial charge in [-0.15, -0.1) is 12.4 Å². The first-order chi connectivity index (χ1) is 11.7.